The van der Waals surface area contributed by atoms with E-state index in [4.69, 9.17) is 4.74 Å². The average Bonchev–Trinajstić information content (AvgIpc) is 3.14. The van der Waals surface area contributed by atoms with Gasteiger partial charge in [-0.05, 0) is 25.3 Å². The van der Waals surface area contributed by atoms with Crippen LogP contribution < -0.4 is 5.69 Å². The lowest BCUT2D eigenvalue weighted by Crippen LogP contribution is -2.25. The number of esters is 1. The van der Waals surface area contributed by atoms with Crippen LogP contribution in [0.4, 0.5) is 0 Å². The Morgan fingerprint density at radius 2 is 2.08 bits per heavy atom. The van der Waals surface area contributed by atoms with Crippen molar-refractivity contribution in [2.75, 3.05) is 7.11 Å². The number of nitrogens with zero attached hydrogens (tertiary/aromatic N) is 4. The molecule has 0 saturated heterocycles. The van der Waals surface area contributed by atoms with Crippen LogP contribution in [0, 0.1) is 12.8 Å². The van der Waals surface area contributed by atoms with Crippen molar-refractivity contribution >= 4 is 28.5 Å². The smallest absolute Gasteiger partial charge is 0.339 e. The summed E-state index contributed by atoms with van der Waals surface area (Å²) < 4.78 is 8.13. The standard InChI is InChI=1S/C18H22N4O3S/c1-11(2)5-6-21-16-14(7-13(8-19-16)17(23)25-4)22(18(21)24)9-15-12(3)20-10-26-15/h7-8,10-11H,5-6,9H2,1-4H3. The first-order valence-electron chi connectivity index (χ1n) is 8.48. The predicted octanol–water partition coefficient (Wildman–Crippen LogP) is 2.84. The molecule has 0 atom stereocenters. The topological polar surface area (TPSA) is 79.0 Å². The van der Waals surface area contributed by atoms with Gasteiger partial charge in [-0.3, -0.25) is 9.13 Å². The van der Waals surface area contributed by atoms with Gasteiger partial charge in [0.25, 0.3) is 0 Å². The summed E-state index contributed by atoms with van der Waals surface area (Å²) in [4.78, 5) is 34.6. The number of aryl methyl sites for hydroxylation is 2. The molecule has 26 heavy (non-hydrogen) atoms. The number of fused-ring (bicyclic) bond motifs is 1. The van der Waals surface area contributed by atoms with Crippen LogP contribution in [0.5, 0.6) is 0 Å². The van der Waals surface area contributed by atoms with Gasteiger partial charge in [0.15, 0.2) is 5.65 Å². The van der Waals surface area contributed by atoms with E-state index in [9.17, 15) is 9.59 Å². The average molecular weight is 374 g/mol. The summed E-state index contributed by atoms with van der Waals surface area (Å²) in [6, 6.07) is 1.68. The van der Waals surface area contributed by atoms with Crippen LogP contribution in [0.1, 0.15) is 41.2 Å². The Kier molecular flexibility index (Phi) is 5.22. The third-order valence-corrected chi connectivity index (χ3v) is 5.27. The molecule has 3 aromatic rings. The van der Waals surface area contributed by atoms with E-state index in [0.29, 0.717) is 35.7 Å². The molecule has 3 heterocycles. The van der Waals surface area contributed by atoms with E-state index in [0.717, 1.165) is 17.0 Å². The lowest BCUT2D eigenvalue weighted by molar-refractivity contribution is 0.0600. The van der Waals surface area contributed by atoms with E-state index >= 15 is 0 Å². The minimum atomic E-state index is -0.470. The van der Waals surface area contributed by atoms with Gasteiger partial charge in [0.05, 0.1) is 35.9 Å². The van der Waals surface area contributed by atoms with Crippen LogP contribution in [0.2, 0.25) is 0 Å². The van der Waals surface area contributed by atoms with Crippen LogP contribution in [-0.2, 0) is 17.8 Å². The van der Waals surface area contributed by atoms with Gasteiger partial charge in [-0.2, -0.15) is 0 Å². The number of carbonyl (C=O) groups is 1. The molecular weight excluding hydrogens is 352 g/mol. The van der Waals surface area contributed by atoms with Gasteiger partial charge in [-0.1, -0.05) is 13.8 Å². The van der Waals surface area contributed by atoms with Crippen LogP contribution in [0.25, 0.3) is 11.2 Å². The third-order valence-electron chi connectivity index (χ3n) is 4.35. The molecule has 0 bridgehead atoms. The van der Waals surface area contributed by atoms with Crippen molar-refractivity contribution in [3.8, 4) is 0 Å². The first-order chi connectivity index (χ1) is 12.4. The number of thiazole rings is 1. The van der Waals surface area contributed by atoms with Crippen LogP contribution in [0.15, 0.2) is 22.6 Å². The van der Waals surface area contributed by atoms with E-state index in [2.05, 4.69) is 23.8 Å². The quantitative estimate of drug-likeness (QED) is 0.620. The Morgan fingerprint density at radius 1 is 1.31 bits per heavy atom. The zero-order valence-corrected chi connectivity index (χ0v) is 16.2. The van der Waals surface area contributed by atoms with E-state index in [1.807, 2.05) is 6.92 Å². The molecular formula is C18H22N4O3S. The number of hydrogen-bond acceptors (Lipinski definition) is 6. The summed E-state index contributed by atoms with van der Waals surface area (Å²) >= 11 is 1.51. The Morgan fingerprint density at radius 3 is 2.69 bits per heavy atom. The van der Waals surface area contributed by atoms with Crippen molar-refractivity contribution in [3.63, 3.8) is 0 Å². The maximum atomic E-state index is 13.0. The first-order valence-corrected chi connectivity index (χ1v) is 9.36. The Labute approximate surface area is 155 Å². The molecule has 138 valence electrons. The number of imidazole rings is 1. The fourth-order valence-electron chi connectivity index (χ4n) is 2.78. The summed E-state index contributed by atoms with van der Waals surface area (Å²) in [5.74, 6) is 0.000632. The highest BCUT2D eigenvalue weighted by molar-refractivity contribution is 7.09. The molecule has 0 aliphatic carbocycles. The minimum Gasteiger partial charge on any atom is -0.465 e. The molecule has 3 rings (SSSR count). The van der Waals surface area contributed by atoms with Crippen LogP contribution in [0.3, 0.4) is 0 Å². The van der Waals surface area contributed by atoms with Gasteiger partial charge in [0.2, 0.25) is 0 Å². The molecule has 0 fully saturated rings. The molecule has 8 heteroatoms. The number of ether oxygens (including phenoxy) is 1. The molecule has 0 saturated carbocycles. The second kappa shape index (κ2) is 7.41. The fraction of sp³-hybridized carbons (Fsp3) is 0.444. The van der Waals surface area contributed by atoms with Gasteiger partial charge in [0, 0.05) is 17.6 Å². The first kappa shape index (κ1) is 18.3. The maximum absolute atomic E-state index is 13.0. The molecule has 0 spiro atoms. The largest absolute Gasteiger partial charge is 0.465 e. The second-order valence-corrected chi connectivity index (χ2v) is 7.56. The molecule has 0 aliphatic heterocycles. The highest BCUT2D eigenvalue weighted by Crippen LogP contribution is 2.19. The van der Waals surface area contributed by atoms with E-state index < -0.39 is 5.97 Å². The number of methoxy groups -OCH3 is 1. The zero-order valence-electron chi connectivity index (χ0n) is 15.4. The maximum Gasteiger partial charge on any atom is 0.339 e. The predicted molar refractivity (Wildman–Crippen MR) is 101 cm³/mol. The monoisotopic (exact) mass is 374 g/mol. The van der Waals surface area contributed by atoms with Gasteiger partial charge in [0.1, 0.15) is 0 Å². The van der Waals surface area contributed by atoms with Crippen molar-refractivity contribution in [2.24, 2.45) is 5.92 Å². The highest BCUT2D eigenvalue weighted by atomic mass is 32.1. The molecule has 7 nitrogen and oxygen atoms in total. The lowest BCUT2D eigenvalue weighted by atomic mass is 10.1. The summed E-state index contributed by atoms with van der Waals surface area (Å²) in [5.41, 5.74) is 4.10. The Bertz CT molecular complexity index is 1000. The molecule has 0 radical (unpaired) electrons. The second-order valence-electron chi connectivity index (χ2n) is 6.62. The van der Waals surface area contributed by atoms with Gasteiger partial charge < -0.3 is 4.74 Å². The van der Waals surface area contributed by atoms with Crippen LogP contribution in [-0.4, -0.2) is 32.2 Å². The van der Waals surface area contributed by atoms with E-state index in [-0.39, 0.29) is 5.69 Å². The highest BCUT2D eigenvalue weighted by Gasteiger charge is 2.18. The van der Waals surface area contributed by atoms with Crippen molar-refractivity contribution < 1.29 is 9.53 Å². The summed E-state index contributed by atoms with van der Waals surface area (Å²) in [5, 5.41) is 0. The van der Waals surface area contributed by atoms with Crippen molar-refractivity contribution in [2.45, 2.75) is 40.3 Å². The minimum absolute atomic E-state index is 0.122. The van der Waals surface area contributed by atoms with Gasteiger partial charge in [-0.15, -0.1) is 11.3 Å². The number of hydrogen-bond donors (Lipinski definition) is 0. The summed E-state index contributed by atoms with van der Waals surface area (Å²) in [6.07, 6.45) is 2.33. The Balaban J connectivity index is 2.15. The molecule has 0 aromatic carbocycles. The lowest BCUT2D eigenvalue weighted by Gasteiger charge is -2.05. The van der Waals surface area contributed by atoms with Crippen molar-refractivity contribution in [1.29, 1.82) is 0 Å². The van der Waals surface area contributed by atoms with Crippen LogP contribution >= 0.6 is 11.3 Å². The van der Waals surface area contributed by atoms with E-state index in [1.165, 1.54) is 24.6 Å². The normalized spacial score (nSPS) is 11.4. The Hall–Kier alpha value is -2.48. The molecule has 0 aliphatic rings. The van der Waals surface area contributed by atoms with Gasteiger partial charge >= 0.3 is 11.7 Å². The molecule has 0 unspecified atom stereocenters. The van der Waals surface area contributed by atoms with Crippen molar-refractivity contribution in [3.05, 3.63) is 44.4 Å². The number of carbonyl (C=O) groups excluding carboxylic acids is 1. The number of rotatable bonds is 6. The van der Waals surface area contributed by atoms with Crippen molar-refractivity contribution in [1.82, 2.24) is 19.1 Å². The van der Waals surface area contributed by atoms with E-state index in [1.54, 1.807) is 20.7 Å². The molecule has 0 N–H and O–H groups in total. The number of pyridine rings is 1. The SMILES string of the molecule is COC(=O)c1cnc2c(c1)n(Cc1scnc1C)c(=O)n2CCC(C)C. The zero-order chi connectivity index (χ0) is 18.8. The third kappa shape index (κ3) is 3.41. The van der Waals surface area contributed by atoms with Gasteiger partial charge in [-0.25, -0.2) is 19.6 Å². The number of aromatic nitrogens is 4. The summed E-state index contributed by atoms with van der Waals surface area (Å²) in [7, 11) is 1.33. The summed E-state index contributed by atoms with van der Waals surface area (Å²) in [6.45, 7) is 7.16. The fourth-order valence-corrected chi connectivity index (χ4v) is 3.55. The molecule has 3 aromatic heterocycles. The molecule has 0 amide bonds.